The minimum Gasteiger partial charge on any atom is -0.316 e. The Balaban J connectivity index is 1.86. The van der Waals surface area contributed by atoms with Crippen LogP contribution in [0.5, 0.6) is 0 Å². The van der Waals surface area contributed by atoms with Gasteiger partial charge in [0.05, 0.1) is 0 Å². The van der Waals surface area contributed by atoms with Crippen molar-refractivity contribution in [2.45, 2.75) is 51.6 Å². The molecule has 0 bridgehead atoms. The number of nitrogens with zero attached hydrogens (tertiary/aromatic N) is 1. The van der Waals surface area contributed by atoms with E-state index in [4.69, 9.17) is 0 Å². The molecule has 2 atom stereocenters. The van der Waals surface area contributed by atoms with Gasteiger partial charge in [0.15, 0.2) is 0 Å². The van der Waals surface area contributed by atoms with Crippen LogP contribution in [-0.4, -0.2) is 37.1 Å². The van der Waals surface area contributed by atoms with Crippen LogP contribution in [0.2, 0.25) is 0 Å². The molecular weight excluding hydrogens is 172 g/mol. The van der Waals surface area contributed by atoms with E-state index < -0.39 is 0 Å². The molecule has 2 nitrogen and oxygen atoms in total. The summed E-state index contributed by atoms with van der Waals surface area (Å²) in [5, 5.41) is 3.40. The van der Waals surface area contributed by atoms with Crippen molar-refractivity contribution in [3.05, 3.63) is 0 Å². The Kier molecular flexibility index (Phi) is 2.85. The number of hydrogen-bond donors (Lipinski definition) is 1. The largest absolute Gasteiger partial charge is 0.316 e. The van der Waals surface area contributed by atoms with Gasteiger partial charge in [-0.05, 0) is 38.1 Å². The molecular formula is C12H24N2. The van der Waals surface area contributed by atoms with E-state index in [9.17, 15) is 0 Å². The highest BCUT2D eigenvalue weighted by Crippen LogP contribution is 2.40. The molecule has 0 radical (unpaired) electrons. The van der Waals surface area contributed by atoms with Gasteiger partial charge in [0.25, 0.3) is 0 Å². The standard InChI is InChI=1S/C12H24N2/c1-12(2)6-4-11(8-12)14-7-5-10(9-14)13-3/h10-11,13H,4-9H2,1-3H3. The zero-order chi connectivity index (χ0) is 10.2. The lowest BCUT2D eigenvalue weighted by atomic mass is 9.91. The molecule has 1 saturated heterocycles. The molecule has 1 saturated carbocycles. The molecule has 2 fully saturated rings. The molecule has 2 unspecified atom stereocenters. The van der Waals surface area contributed by atoms with Crippen LogP contribution in [0.3, 0.4) is 0 Å². The smallest absolute Gasteiger partial charge is 0.0204 e. The van der Waals surface area contributed by atoms with Crippen LogP contribution >= 0.6 is 0 Å². The van der Waals surface area contributed by atoms with Crippen molar-refractivity contribution in [1.29, 1.82) is 0 Å². The van der Waals surface area contributed by atoms with E-state index in [0.29, 0.717) is 5.41 Å². The Labute approximate surface area is 88.1 Å². The molecule has 0 amide bonds. The molecule has 1 heterocycles. The van der Waals surface area contributed by atoms with Gasteiger partial charge in [-0.15, -0.1) is 0 Å². The van der Waals surface area contributed by atoms with E-state index in [-0.39, 0.29) is 0 Å². The maximum Gasteiger partial charge on any atom is 0.0204 e. The van der Waals surface area contributed by atoms with Gasteiger partial charge in [-0.25, -0.2) is 0 Å². The second kappa shape index (κ2) is 3.82. The SMILES string of the molecule is CNC1CCN(C2CCC(C)(C)C2)C1. The second-order valence-electron chi connectivity index (χ2n) is 5.83. The maximum atomic E-state index is 3.40. The summed E-state index contributed by atoms with van der Waals surface area (Å²) in [6, 6.07) is 1.63. The molecule has 1 aliphatic heterocycles. The molecule has 82 valence electrons. The van der Waals surface area contributed by atoms with Gasteiger partial charge in [0.1, 0.15) is 0 Å². The first-order valence-corrected chi connectivity index (χ1v) is 6.02. The van der Waals surface area contributed by atoms with Crippen molar-refractivity contribution in [2.24, 2.45) is 5.41 Å². The number of nitrogens with one attached hydrogen (secondary N) is 1. The molecule has 0 aromatic rings. The highest BCUT2D eigenvalue weighted by atomic mass is 15.2. The van der Waals surface area contributed by atoms with Crippen molar-refractivity contribution < 1.29 is 0 Å². The number of likely N-dealkylation sites (tertiary alicyclic amines) is 1. The average molecular weight is 196 g/mol. The zero-order valence-corrected chi connectivity index (χ0v) is 9.84. The Morgan fingerprint density at radius 2 is 2.07 bits per heavy atom. The Hall–Kier alpha value is -0.0800. The topological polar surface area (TPSA) is 15.3 Å². The van der Waals surface area contributed by atoms with Gasteiger partial charge >= 0.3 is 0 Å². The third-order valence-electron chi connectivity index (χ3n) is 4.09. The fraction of sp³-hybridized carbons (Fsp3) is 1.00. The van der Waals surface area contributed by atoms with Crippen molar-refractivity contribution in [2.75, 3.05) is 20.1 Å². The lowest BCUT2D eigenvalue weighted by Crippen LogP contribution is -2.35. The maximum absolute atomic E-state index is 3.40. The van der Waals surface area contributed by atoms with Gasteiger partial charge in [0.2, 0.25) is 0 Å². The number of likely N-dealkylation sites (N-methyl/N-ethyl adjacent to an activating group) is 1. The number of hydrogen-bond acceptors (Lipinski definition) is 2. The minimum absolute atomic E-state index is 0.600. The zero-order valence-electron chi connectivity index (χ0n) is 9.84. The lowest BCUT2D eigenvalue weighted by Gasteiger charge is -2.25. The van der Waals surface area contributed by atoms with Gasteiger partial charge in [0, 0.05) is 25.2 Å². The highest BCUT2D eigenvalue weighted by molar-refractivity contribution is 4.92. The van der Waals surface area contributed by atoms with Gasteiger partial charge < -0.3 is 5.32 Å². The predicted molar refractivity (Wildman–Crippen MR) is 60.5 cm³/mol. The predicted octanol–water partition coefficient (Wildman–Crippen LogP) is 1.86. The Morgan fingerprint density at radius 3 is 2.57 bits per heavy atom. The van der Waals surface area contributed by atoms with Crippen LogP contribution < -0.4 is 5.32 Å². The first kappa shape index (κ1) is 10.4. The van der Waals surface area contributed by atoms with Crippen molar-refractivity contribution in [1.82, 2.24) is 10.2 Å². The summed E-state index contributed by atoms with van der Waals surface area (Å²) in [4.78, 5) is 2.70. The fourth-order valence-corrected chi connectivity index (χ4v) is 3.07. The van der Waals surface area contributed by atoms with Crippen molar-refractivity contribution >= 4 is 0 Å². The monoisotopic (exact) mass is 196 g/mol. The van der Waals surface area contributed by atoms with E-state index >= 15 is 0 Å². The van der Waals surface area contributed by atoms with Crippen LogP contribution in [0.15, 0.2) is 0 Å². The minimum atomic E-state index is 0.600. The van der Waals surface area contributed by atoms with E-state index in [1.54, 1.807) is 0 Å². The molecule has 0 spiro atoms. The van der Waals surface area contributed by atoms with E-state index in [1.807, 2.05) is 0 Å². The molecule has 1 N–H and O–H groups in total. The number of rotatable bonds is 2. The Bertz CT molecular complexity index is 200. The van der Waals surface area contributed by atoms with E-state index in [0.717, 1.165) is 12.1 Å². The summed E-state index contributed by atoms with van der Waals surface area (Å²) in [6.45, 7) is 7.42. The van der Waals surface area contributed by atoms with Gasteiger partial charge in [-0.2, -0.15) is 0 Å². The van der Waals surface area contributed by atoms with Crippen molar-refractivity contribution in [3.8, 4) is 0 Å². The summed E-state index contributed by atoms with van der Waals surface area (Å²) in [7, 11) is 2.09. The molecule has 14 heavy (non-hydrogen) atoms. The van der Waals surface area contributed by atoms with Crippen LogP contribution in [0.1, 0.15) is 39.5 Å². The fourth-order valence-electron chi connectivity index (χ4n) is 3.07. The average Bonchev–Trinajstić information content (AvgIpc) is 2.70. The van der Waals surface area contributed by atoms with E-state index in [1.165, 1.54) is 38.8 Å². The van der Waals surface area contributed by atoms with Crippen LogP contribution in [0.25, 0.3) is 0 Å². The summed E-state index contributed by atoms with van der Waals surface area (Å²) < 4.78 is 0. The summed E-state index contributed by atoms with van der Waals surface area (Å²) in [5.41, 5.74) is 0.600. The molecule has 0 aromatic heterocycles. The molecule has 1 aliphatic carbocycles. The van der Waals surface area contributed by atoms with Gasteiger partial charge in [-0.1, -0.05) is 13.8 Å². The molecule has 2 heteroatoms. The summed E-state index contributed by atoms with van der Waals surface area (Å²) in [6.07, 6.45) is 5.58. The quantitative estimate of drug-likeness (QED) is 0.725. The van der Waals surface area contributed by atoms with Crippen LogP contribution in [0, 0.1) is 5.41 Å². The molecule has 0 aromatic carbocycles. The molecule has 2 aliphatic rings. The van der Waals surface area contributed by atoms with E-state index in [2.05, 4.69) is 31.1 Å². The summed E-state index contributed by atoms with van der Waals surface area (Å²) in [5.74, 6) is 0. The third-order valence-corrected chi connectivity index (χ3v) is 4.09. The first-order valence-electron chi connectivity index (χ1n) is 6.02. The Morgan fingerprint density at radius 1 is 1.29 bits per heavy atom. The van der Waals surface area contributed by atoms with Crippen LogP contribution in [0.4, 0.5) is 0 Å². The second-order valence-corrected chi connectivity index (χ2v) is 5.83. The summed E-state index contributed by atoms with van der Waals surface area (Å²) >= 11 is 0. The third kappa shape index (κ3) is 2.12. The molecule has 2 rings (SSSR count). The van der Waals surface area contributed by atoms with Crippen LogP contribution in [-0.2, 0) is 0 Å². The lowest BCUT2D eigenvalue weighted by molar-refractivity contribution is 0.223. The first-order chi connectivity index (χ1) is 6.61. The van der Waals surface area contributed by atoms with Gasteiger partial charge in [-0.3, -0.25) is 4.90 Å². The van der Waals surface area contributed by atoms with Crippen molar-refractivity contribution in [3.63, 3.8) is 0 Å². The highest BCUT2D eigenvalue weighted by Gasteiger charge is 2.36. The normalized spacial score (nSPS) is 37.9.